The van der Waals surface area contributed by atoms with Crippen LogP contribution >= 0.6 is 0 Å². The van der Waals surface area contributed by atoms with Gasteiger partial charge in [0.25, 0.3) is 0 Å². The molecule has 0 aliphatic rings. The van der Waals surface area contributed by atoms with Gasteiger partial charge in [-0.25, -0.2) is 0 Å². The van der Waals surface area contributed by atoms with Gasteiger partial charge in [0, 0.05) is 11.5 Å². The molecular weight excluding hydrogens is 442 g/mol. The molecule has 0 unspecified atom stereocenters. The molecule has 0 bridgehead atoms. The summed E-state index contributed by atoms with van der Waals surface area (Å²) in [6.45, 7) is 7.15. The average molecular weight is 477 g/mol. The molecule has 2 nitrogen and oxygen atoms in total. The maximum atomic E-state index is 14.2. The summed E-state index contributed by atoms with van der Waals surface area (Å²) < 4.78 is 39.1. The summed E-state index contributed by atoms with van der Waals surface area (Å²) in [5.41, 5.74) is 3.59. The van der Waals surface area contributed by atoms with E-state index in [0.29, 0.717) is 11.5 Å². The van der Waals surface area contributed by atoms with E-state index in [0.717, 1.165) is 41.9 Å². The normalized spacial score (nSPS) is 11.1. The minimum Gasteiger partial charge on any atom is -0.494 e. The number of halogens is 2. The van der Waals surface area contributed by atoms with E-state index in [1.165, 1.54) is 19.3 Å². The van der Waals surface area contributed by atoms with Gasteiger partial charge >= 0.3 is 6.11 Å². The van der Waals surface area contributed by atoms with Crippen molar-refractivity contribution in [3.05, 3.63) is 83.9 Å². The molecule has 0 aliphatic carbocycles. The third-order valence-electron chi connectivity index (χ3n) is 5.50. The molecule has 3 rings (SSSR count). The zero-order chi connectivity index (χ0) is 25.1. The Bertz CT molecular complexity index is 1090. The van der Waals surface area contributed by atoms with Crippen molar-refractivity contribution in [2.45, 2.75) is 59.0 Å². The lowest BCUT2D eigenvalue weighted by molar-refractivity contribution is -0.122. The SMILES string of the molecule is CCCCCCOc1ccc(-c2ccc(C#CC(F)(F)Oc3ccc(CC(C)C)cc3)cc2)cc1. The molecule has 3 aromatic rings. The van der Waals surface area contributed by atoms with Crippen molar-refractivity contribution in [1.82, 2.24) is 0 Å². The van der Waals surface area contributed by atoms with E-state index in [1.807, 2.05) is 54.5 Å². The van der Waals surface area contributed by atoms with E-state index in [9.17, 15) is 8.78 Å². The highest BCUT2D eigenvalue weighted by Crippen LogP contribution is 2.24. The number of alkyl halides is 2. The van der Waals surface area contributed by atoms with E-state index in [-0.39, 0.29) is 5.75 Å². The summed E-state index contributed by atoms with van der Waals surface area (Å²) in [4.78, 5) is 0. The Hall–Kier alpha value is -3.32. The first-order chi connectivity index (χ1) is 16.8. The predicted molar refractivity (Wildman–Crippen MR) is 139 cm³/mol. The van der Waals surface area contributed by atoms with Crippen LogP contribution in [-0.2, 0) is 6.42 Å². The lowest BCUT2D eigenvalue weighted by Crippen LogP contribution is -2.22. The van der Waals surface area contributed by atoms with Gasteiger partial charge in [-0.15, -0.1) is 0 Å². The van der Waals surface area contributed by atoms with Gasteiger partial charge < -0.3 is 9.47 Å². The molecule has 0 aromatic heterocycles. The second-order valence-corrected chi connectivity index (χ2v) is 9.12. The molecule has 0 aliphatic heterocycles. The van der Waals surface area contributed by atoms with Crippen LogP contribution in [0.1, 0.15) is 57.6 Å². The van der Waals surface area contributed by atoms with Crippen molar-refractivity contribution in [3.63, 3.8) is 0 Å². The maximum Gasteiger partial charge on any atom is 0.469 e. The smallest absolute Gasteiger partial charge is 0.469 e. The van der Waals surface area contributed by atoms with Crippen LogP contribution in [0, 0.1) is 17.8 Å². The molecule has 0 amide bonds. The zero-order valence-corrected chi connectivity index (χ0v) is 20.8. The van der Waals surface area contributed by atoms with Crippen molar-refractivity contribution < 1.29 is 18.3 Å². The van der Waals surface area contributed by atoms with Gasteiger partial charge in [-0.1, -0.05) is 82.4 Å². The Morgan fingerprint density at radius 2 is 1.37 bits per heavy atom. The summed E-state index contributed by atoms with van der Waals surface area (Å²) in [7, 11) is 0. The lowest BCUT2D eigenvalue weighted by atomic mass is 10.0. The van der Waals surface area contributed by atoms with Crippen LogP contribution in [0.15, 0.2) is 72.8 Å². The second-order valence-electron chi connectivity index (χ2n) is 9.12. The van der Waals surface area contributed by atoms with E-state index in [4.69, 9.17) is 9.47 Å². The summed E-state index contributed by atoms with van der Waals surface area (Å²) in [6.07, 6.45) is 2.01. The van der Waals surface area contributed by atoms with Crippen LogP contribution < -0.4 is 9.47 Å². The highest BCUT2D eigenvalue weighted by atomic mass is 19.3. The summed E-state index contributed by atoms with van der Waals surface area (Å²) >= 11 is 0. The molecule has 0 saturated heterocycles. The molecule has 0 heterocycles. The molecule has 184 valence electrons. The number of hydrogen-bond acceptors (Lipinski definition) is 2. The molecule has 0 atom stereocenters. The van der Waals surface area contributed by atoms with Gasteiger partial charge in [-0.3, -0.25) is 0 Å². The quantitative estimate of drug-likeness (QED) is 0.204. The van der Waals surface area contributed by atoms with E-state index in [2.05, 4.69) is 26.7 Å². The van der Waals surface area contributed by atoms with Gasteiger partial charge in [0.2, 0.25) is 0 Å². The third-order valence-corrected chi connectivity index (χ3v) is 5.50. The first-order valence-electron chi connectivity index (χ1n) is 12.4. The van der Waals surface area contributed by atoms with Crippen LogP contribution in [0.25, 0.3) is 11.1 Å². The summed E-state index contributed by atoms with van der Waals surface area (Å²) in [6, 6.07) is 21.9. The Labute approximate surface area is 208 Å². The maximum absolute atomic E-state index is 14.2. The van der Waals surface area contributed by atoms with Crippen molar-refractivity contribution >= 4 is 0 Å². The lowest BCUT2D eigenvalue weighted by Gasteiger charge is -2.12. The first kappa shape index (κ1) is 26.3. The summed E-state index contributed by atoms with van der Waals surface area (Å²) in [5, 5.41) is 0. The van der Waals surface area contributed by atoms with Crippen LogP contribution in [0.4, 0.5) is 8.78 Å². The van der Waals surface area contributed by atoms with E-state index in [1.54, 1.807) is 24.3 Å². The molecule has 3 aromatic carbocycles. The highest BCUT2D eigenvalue weighted by Gasteiger charge is 2.28. The summed E-state index contributed by atoms with van der Waals surface area (Å²) in [5.74, 6) is 5.92. The molecule has 0 radical (unpaired) electrons. The van der Waals surface area contributed by atoms with Gasteiger partial charge in [0.05, 0.1) is 6.61 Å². The Balaban J connectivity index is 1.55. The van der Waals surface area contributed by atoms with Gasteiger partial charge in [-0.2, -0.15) is 8.78 Å². The monoisotopic (exact) mass is 476 g/mol. The van der Waals surface area contributed by atoms with Crippen molar-refractivity contribution in [2.75, 3.05) is 6.61 Å². The number of unbranched alkanes of at least 4 members (excludes halogenated alkanes) is 3. The standard InChI is InChI=1S/C31H34F2O2/c1-4-5-6-7-22-34-29-18-14-28(15-19-29)27-12-8-25(9-13-27)20-21-31(32,33)35-30-16-10-26(11-17-30)23-24(2)3/h8-19,24H,4-7,22-23H2,1-3H3. The number of hydrogen-bond donors (Lipinski definition) is 0. The average Bonchev–Trinajstić information content (AvgIpc) is 2.84. The third kappa shape index (κ3) is 9.09. The molecule has 0 fully saturated rings. The minimum absolute atomic E-state index is 0.0977. The molecule has 0 spiro atoms. The van der Waals surface area contributed by atoms with Crippen molar-refractivity contribution in [3.8, 4) is 34.5 Å². The van der Waals surface area contributed by atoms with Gasteiger partial charge in [0.1, 0.15) is 11.5 Å². The van der Waals surface area contributed by atoms with Crippen molar-refractivity contribution in [1.29, 1.82) is 0 Å². The van der Waals surface area contributed by atoms with Crippen LogP contribution in [0.2, 0.25) is 0 Å². The number of benzene rings is 3. The fourth-order valence-electron chi connectivity index (χ4n) is 3.69. The molecule has 4 heteroatoms. The van der Waals surface area contributed by atoms with Crippen molar-refractivity contribution in [2.24, 2.45) is 5.92 Å². The Kier molecular flexibility index (Phi) is 9.73. The Morgan fingerprint density at radius 1 is 0.771 bits per heavy atom. The highest BCUT2D eigenvalue weighted by molar-refractivity contribution is 5.65. The topological polar surface area (TPSA) is 18.5 Å². The second kappa shape index (κ2) is 13.0. The molecular formula is C31H34F2O2. The van der Waals surface area contributed by atoms with Crippen LogP contribution in [0.5, 0.6) is 11.5 Å². The number of ether oxygens (including phenoxy) is 2. The predicted octanol–water partition coefficient (Wildman–Crippen LogP) is 8.53. The number of rotatable bonds is 11. The first-order valence-corrected chi connectivity index (χ1v) is 12.4. The fourth-order valence-corrected chi connectivity index (χ4v) is 3.69. The molecule has 35 heavy (non-hydrogen) atoms. The minimum atomic E-state index is -3.58. The largest absolute Gasteiger partial charge is 0.494 e. The fraction of sp³-hybridized carbons (Fsp3) is 0.355. The van der Waals surface area contributed by atoms with E-state index < -0.39 is 6.11 Å². The molecule has 0 N–H and O–H groups in total. The zero-order valence-electron chi connectivity index (χ0n) is 20.8. The Morgan fingerprint density at radius 3 is 1.97 bits per heavy atom. The van der Waals surface area contributed by atoms with Gasteiger partial charge in [-0.05, 0) is 71.8 Å². The van der Waals surface area contributed by atoms with Crippen LogP contribution in [-0.4, -0.2) is 12.7 Å². The molecule has 0 saturated carbocycles. The van der Waals surface area contributed by atoms with Crippen LogP contribution in [0.3, 0.4) is 0 Å². The van der Waals surface area contributed by atoms with E-state index >= 15 is 0 Å². The van der Waals surface area contributed by atoms with Gasteiger partial charge in [0.15, 0.2) is 0 Å².